The van der Waals surface area contributed by atoms with Crippen LogP contribution in [0.3, 0.4) is 0 Å². The van der Waals surface area contributed by atoms with Crippen LogP contribution in [0.15, 0.2) is 12.1 Å². The lowest BCUT2D eigenvalue weighted by molar-refractivity contribution is -0.123. The molecule has 28 heavy (non-hydrogen) atoms. The summed E-state index contributed by atoms with van der Waals surface area (Å²) in [6.07, 6.45) is 2.07. The Balaban J connectivity index is 2.39. The van der Waals surface area contributed by atoms with Crippen molar-refractivity contribution in [3.63, 3.8) is 0 Å². The zero-order valence-electron chi connectivity index (χ0n) is 17.8. The molecule has 1 fully saturated rings. The first kappa shape index (κ1) is 22.0. The van der Waals surface area contributed by atoms with E-state index >= 15 is 0 Å². The second-order valence-electron chi connectivity index (χ2n) is 8.27. The number of nitrogens with one attached hydrogen (secondary N) is 2. The number of anilines is 1. The van der Waals surface area contributed by atoms with Crippen molar-refractivity contribution in [2.45, 2.75) is 33.6 Å². The highest BCUT2D eigenvalue weighted by Gasteiger charge is 2.29. The largest absolute Gasteiger partial charge is 0.493 e. The fourth-order valence-corrected chi connectivity index (χ4v) is 3.34. The van der Waals surface area contributed by atoms with E-state index in [4.69, 9.17) is 9.47 Å². The van der Waals surface area contributed by atoms with Gasteiger partial charge in [0.05, 0.1) is 25.5 Å². The zero-order chi connectivity index (χ0) is 20.9. The Bertz CT molecular complexity index is 710. The number of piperidine rings is 1. The lowest BCUT2D eigenvalue weighted by Crippen LogP contribution is -2.42. The average molecular weight is 392 g/mol. The van der Waals surface area contributed by atoms with Gasteiger partial charge in [-0.1, -0.05) is 20.8 Å². The molecule has 7 nitrogen and oxygen atoms in total. The first-order valence-corrected chi connectivity index (χ1v) is 9.72. The van der Waals surface area contributed by atoms with Crippen LogP contribution < -0.4 is 20.1 Å². The summed E-state index contributed by atoms with van der Waals surface area (Å²) in [6, 6.07) is 3.31. The molecule has 0 bridgehead atoms. The second kappa shape index (κ2) is 9.28. The van der Waals surface area contributed by atoms with Crippen molar-refractivity contribution in [1.29, 1.82) is 0 Å². The van der Waals surface area contributed by atoms with Gasteiger partial charge in [0.1, 0.15) is 0 Å². The number of carbonyl (C=O) groups is 2. The summed E-state index contributed by atoms with van der Waals surface area (Å²) in [6.45, 7) is 7.77. The molecule has 7 heteroatoms. The van der Waals surface area contributed by atoms with Gasteiger partial charge in [-0.05, 0) is 38.4 Å². The minimum absolute atomic E-state index is 0.106. The number of nitrogens with zero attached hydrogens (tertiary/aromatic N) is 1. The van der Waals surface area contributed by atoms with Gasteiger partial charge in [-0.3, -0.25) is 9.59 Å². The topological polar surface area (TPSA) is 79.9 Å². The van der Waals surface area contributed by atoms with Crippen LogP contribution >= 0.6 is 0 Å². The zero-order valence-corrected chi connectivity index (χ0v) is 17.8. The third-order valence-corrected chi connectivity index (χ3v) is 4.98. The van der Waals surface area contributed by atoms with E-state index < -0.39 is 5.41 Å². The first-order chi connectivity index (χ1) is 13.2. The molecule has 2 N–H and O–H groups in total. The van der Waals surface area contributed by atoms with Crippen LogP contribution in [0.4, 0.5) is 5.69 Å². The molecule has 1 heterocycles. The standard InChI is InChI=1S/C21H33N3O4/c1-21(2,3)20(26)23-16-11-18(28-6)17(27-5)10-15(16)19(25)24-9-7-8-14(13-24)12-22-4/h10-11,14,22H,7-9,12-13H2,1-6H3,(H,23,26). The number of hydrogen-bond donors (Lipinski definition) is 2. The monoisotopic (exact) mass is 391 g/mol. The normalized spacial score (nSPS) is 17.2. The number of rotatable bonds is 6. The average Bonchev–Trinajstić information content (AvgIpc) is 2.66. The van der Waals surface area contributed by atoms with Gasteiger partial charge in [0.15, 0.2) is 11.5 Å². The molecule has 0 aromatic heterocycles. The van der Waals surface area contributed by atoms with Gasteiger partial charge in [0.2, 0.25) is 5.91 Å². The van der Waals surface area contributed by atoms with Crippen molar-refractivity contribution in [2.75, 3.05) is 46.2 Å². The number of carbonyl (C=O) groups excluding carboxylic acids is 2. The molecule has 1 unspecified atom stereocenters. The van der Waals surface area contributed by atoms with Crippen molar-refractivity contribution < 1.29 is 19.1 Å². The van der Waals surface area contributed by atoms with E-state index in [0.717, 1.165) is 19.4 Å². The van der Waals surface area contributed by atoms with Crippen molar-refractivity contribution in [3.8, 4) is 11.5 Å². The van der Waals surface area contributed by atoms with Crippen molar-refractivity contribution in [2.24, 2.45) is 11.3 Å². The molecule has 1 atom stereocenters. The molecule has 0 spiro atoms. The summed E-state index contributed by atoms with van der Waals surface area (Å²) in [4.78, 5) is 27.7. The quantitative estimate of drug-likeness (QED) is 0.779. The number of benzene rings is 1. The van der Waals surface area contributed by atoms with E-state index in [-0.39, 0.29) is 11.8 Å². The molecule has 1 saturated heterocycles. The van der Waals surface area contributed by atoms with Gasteiger partial charge < -0.3 is 25.0 Å². The van der Waals surface area contributed by atoms with Gasteiger partial charge in [-0.25, -0.2) is 0 Å². The summed E-state index contributed by atoms with van der Waals surface area (Å²) in [5, 5.41) is 6.09. The molecular weight excluding hydrogens is 358 g/mol. The summed E-state index contributed by atoms with van der Waals surface area (Å²) < 4.78 is 10.7. The maximum Gasteiger partial charge on any atom is 0.256 e. The van der Waals surface area contributed by atoms with E-state index in [9.17, 15) is 9.59 Å². The second-order valence-corrected chi connectivity index (χ2v) is 8.27. The van der Waals surface area contributed by atoms with Crippen molar-refractivity contribution >= 4 is 17.5 Å². The summed E-state index contributed by atoms with van der Waals surface area (Å²) >= 11 is 0. The van der Waals surface area contributed by atoms with Crippen LogP contribution in [0.5, 0.6) is 11.5 Å². The van der Waals surface area contributed by atoms with Crippen LogP contribution in [0, 0.1) is 11.3 Å². The van der Waals surface area contributed by atoms with Crippen LogP contribution in [-0.2, 0) is 4.79 Å². The third-order valence-electron chi connectivity index (χ3n) is 4.98. The minimum atomic E-state index is -0.587. The van der Waals surface area contributed by atoms with Gasteiger partial charge in [-0.15, -0.1) is 0 Å². The van der Waals surface area contributed by atoms with Crippen LogP contribution in [0.25, 0.3) is 0 Å². The van der Waals surface area contributed by atoms with Crippen molar-refractivity contribution in [3.05, 3.63) is 17.7 Å². The van der Waals surface area contributed by atoms with Crippen LogP contribution in [0.1, 0.15) is 44.0 Å². The molecule has 1 aromatic rings. The van der Waals surface area contributed by atoms with Gasteiger partial charge >= 0.3 is 0 Å². The molecule has 156 valence electrons. The number of hydrogen-bond acceptors (Lipinski definition) is 5. The third kappa shape index (κ3) is 5.16. The number of methoxy groups -OCH3 is 2. The highest BCUT2D eigenvalue weighted by molar-refractivity contribution is 6.05. The van der Waals surface area contributed by atoms with E-state index in [1.165, 1.54) is 14.2 Å². The van der Waals surface area contributed by atoms with Gasteiger partial charge in [0.25, 0.3) is 5.91 Å². The van der Waals surface area contributed by atoms with Crippen molar-refractivity contribution in [1.82, 2.24) is 10.2 Å². The first-order valence-electron chi connectivity index (χ1n) is 9.72. The van der Waals surface area contributed by atoms with E-state index in [0.29, 0.717) is 41.8 Å². The molecular formula is C21H33N3O4. The van der Waals surface area contributed by atoms with E-state index in [2.05, 4.69) is 10.6 Å². The van der Waals surface area contributed by atoms with E-state index in [1.54, 1.807) is 12.1 Å². The maximum absolute atomic E-state index is 13.3. The Morgan fingerprint density at radius 1 is 1.18 bits per heavy atom. The summed E-state index contributed by atoms with van der Waals surface area (Å²) in [5.41, 5.74) is 0.273. The summed E-state index contributed by atoms with van der Waals surface area (Å²) in [5.74, 6) is 1.08. The molecule has 0 aliphatic carbocycles. The lowest BCUT2D eigenvalue weighted by Gasteiger charge is -2.33. The predicted octanol–water partition coefficient (Wildman–Crippen LogP) is 2.76. The van der Waals surface area contributed by atoms with Crippen LogP contribution in [0.2, 0.25) is 0 Å². The van der Waals surface area contributed by atoms with E-state index in [1.807, 2.05) is 32.7 Å². The fourth-order valence-electron chi connectivity index (χ4n) is 3.34. The Hall–Kier alpha value is -2.28. The molecule has 1 aromatic carbocycles. The Morgan fingerprint density at radius 3 is 2.39 bits per heavy atom. The lowest BCUT2D eigenvalue weighted by atomic mass is 9.95. The maximum atomic E-state index is 13.3. The summed E-state index contributed by atoms with van der Waals surface area (Å²) in [7, 11) is 4.99. The molecule has 1 aliphatic heterocycles. The Labute approximate surface area is 167 Å². The molecule has 2 rings (SSSR count). The predicted molar refractivity (Wildman–Crippen MR) is 110 cm³/mol. The Kier molecular flexibility index (Phi) is 7.29. The highest BCUT2D eigenvalue weighted by atomic mass is 16.5. The number of likely N-dealkylation sites (tertiary alicyclic amines) is 1. The van der Waals surface area contributed by atoms with Gasteiger partial charge in [0, 0.05) is 24.6 Å². The molecule has 0 saturated carbocycles. The molecule has 1 aliphatic rings. The highest BCUT2D eigenvalue weighted by Crippen LogP contribution is 2.35. The fraction of sp³-hybridized carbons (Fsp3) is 0.619. The number of amides is 2. The van der Waals surface area contributed by atoms with Gasteiger partial charge in [-0.2, -0.15) is 0 Å². The van der Waals surface area contributed by atoms with Crippen LogP contribution in [-0.4, -0.2) is 57.6 Å². The molecule has 2 amide bonds. The minimum Gasteiger partial charge on any atom is -0.493 e. The smallest absolute Gasteiger partial charge is 0.256 e. The molecule has 0 radical (unpaired) electrons. The Morgan fingerprint density at radius 2 is 1.82 bits per heavy atom. The SMILES string of the molecule is CNCC1CCCN(C(=O)c2cc(OC)c(OC)cc2NC(=O)C(C)(C)C)C1. The number of ether oxygens (including phenoxy) is 2.